The second-order valence-corrected chi connectivity index (χ2v) is 9.18. The third kappa shape index (κ3) is 3.66. The number of hydrogen-bond donors (Lipinski definition) is 2. The van der Waals surface area contributed by atoms with Gasteiger partial charge in [-0.3, -0.25) is 0 Å². The molecule has 0 saturated carbocycles. The van der Waals surface area contributed by atoms with Crippen LogP contribution in [-0.4, -0.2) is 18.4 Å². The predicted molar refractivity (Wildman–Crippen MR) is 112 cm³/mol. The highest BCUT2D eigenvalue weighted by atomic mass is 79.9. The second kappa shape index (κ2) is 6.89. The lowest BCUT2D eigenvalue weighted by atomic mass is 10.2. The van der Waals surface area contributed by atoms with E-state index in [4.69, 9.17) is 31.6 Å². The zero-order valence-corrected chi connectivity index (χ0v) is 18.5. The highest BCUT2D eigenvalue weighted by Gasteiger charge is 2.21. The van der Waals surface area contributed by atoms with Gasteiger partial charge >= 0.3 is 10.4 Å². The third-order valence-electron chi connectivity index (χ3n) is 3.75. The molecule has 11 heteroatoms. The molecule has 27 heavy (non-hydrogen) atoms. The van der Waals surface area contributed by atoms with Gasteiger partial charge in [-0.1, -0.05) is 23.2 Å². The molecule has 2 heterocycles. The van der Waals surface area contributed by atoms with Crippen molar-refractivity contribution in [1.82, 2.24) is 9.97 Å². The maximum atomic E-state index is 12.4. The monoisotopic (exact) mass is 552 g/mol. The molecular formula is C16H8Br2Cl2N2O4S. The number of fused-ring (bicyclic) bond motifs is 2. The third-order valence-corrected chi connectivity index (χ3v) is 6.91. The average molecular weight is 555 g/mol. The number of hydrogen-bond acceptors (Lipinski definition) is 4. The van der Waals surface area contributed by atoms with E-state index in [0.717, 1.165) is 0 Å². The van der Waals surface area contributed by atoms with Crippen LogP contribution >= 0.6 is 55.1 Å². The minimum atomic E-state index is -4.39. The van der Waals surface area contributed by atoms with Gasteiger partial charge in [-0.05, 0) is 56.1 Å². The Bertz CT molecular complexity index is 1210. The van der Waals surface area contributed by atoms with Crippen LogP contribution in [0.3, 0.4) is 0 Å². The van der Waals surface area contributed by atoms with E-state index in [9.17, 15) is 8.42 Å². The maximum absolute atomic E-state index is 12.4. The van der Waals surface area contributed by atoms with Crippen LogP contribution in [0, 0.1) is 0 Å². The van der Waals surface area contributed by atoms with E-state index >= 15 is 0 Å². The molecule has 0 spiro atoms. The highest BCUT2D eigenvalue weighted by Crippen LogP contribution is 2.36. The Kier molecular flexibility index (Phi) is 4.84. The van der Waals surface area contributed by atoms with Gasteiger partial charge < -0.3 is 18.3 Å². The molecule has 4 aromatic rings. The van der Waals surface area contributed by atoms with Crippen molar-refractivity contribution in [2.75, 3.05) is 0 Å². The molecule has 2 aromatic carbocycles. The van der Waals surface area contributed by atoms with Crippen molar-refractivity contribution in [3.8, 4) is 11.5 Å². The Morgan fingerprint density at radius 1 is 0.778 bits per heavy atom. The van der Waals surface area contributed by atoms with Crippen LogP contribution in [0.5, 0.6) is 11.5 Å². The molecule has 0 saturated heterocycles. The van der Waals surface area contributed by atoms with Gasteiger partial charge in [0.05, 0.1) is 21.1 Å². The molecule has 0 atom stereocenters. The predicted octanol–water partition coefficient (Wildman–Crippen LogP) is 6.18. The molecule has 0 aliphatic heterocycles. The second-order valence-electron chi connectivity index (χ2n) is 5.50. The number of nitrogens with one attached hydrogen (secondary N) is 2. The number of aromatic nitrogens is 2. The van der Waals surface area contributed by atoms with Crippen molar-refractivity contribution < 1.29 is 16.8 Å². The standard InChI is InChI=1S/C16H8Br2Cl2N2O4S/c17-9-1-7-13(3-11(9)19)21-5-15(7)25-27(23,24)26-16-6-22-14-4-12(20)10(18)2-8(14)16/h1-6,21-22H. The summed E-state index contributed by atoms with van der Waals surface area (Å²) < 4.78 is 36.3. The Balaban J connectivity index is 1.67. The summed E-state index contributed by atoms with van der Waals surface area (Å²) in [6.45, 7) is 0. The van der Waals surface area contributed by atoms with E-state index in [1.165, 1.54) is 12.4 Å². The van der Waals surface area contributed by atoms with Crippen molar-refractivity contribution in [2.24, 2.45) is 0 Å². The quantitative estimate of drug-likeness (QED) is 0.315. The maximum Gasteiger partial charge on any atom is 0.501 e. The summed E-state index contributed by atoms with van der Waals surface area (Å²) >= 11 is 18.7. The molecule has 6 nitrogen and oxygen atoms in total. The first kappa shape index (κ1) is 18.9. The van der Waals surface area contributed by atoms with Gasteiger partial charge in [0.25, 0.3) is 0 Å². The van der Waals surface area contributed by atoms with E-state index in [1.54, 1.807) is 24.3 Å². The topological polar surface area (TPSA) is 84.2 Å². The summed E-state index contributed by atoms with van der Waals surface area (Å²) in [5, 5.41) is 2.04. The lowest BCUT2D eigenvalue weighted by Gasteiger charge is -2.07. The van der Waals surface area contributed by atoms with Crippen LogP contribution < -0.4 is 8.37 Å². The summed E-state index contributed by atoms with van der Waals surface area (Å²) in [5.41, 5.74) is 1.25. The van der Waals surface area contributed by atoms with Gasteiger partial charge in [-0.25, -0.2) is 0 Å². The Hall–Kier alpha value is -1.39. The fraction of sp³-hybridized carbons (Fsp3) is 0. The number of halogens is 4. The lowest BCUT2D eigenvalue weighted by molar-refractivity contribution is 0.395. The Morgan fingerprint density at radius 3 is 1.59 bits per heavy atom. The normalized spacial score (nSPS) is 12.0. The van der Waals surface area contributed by atoms with Crippen molar-refractivity contribution >= 4 is 87.3 Å². The summed E-state index contributed by atoms with van der Waals surface area (Å²) in [6, 6.07) is 6.62. The molecule has 2 N–H and O–H groups in total. The van der Waals surface area contributed by atoms with E-state index in [1.807, 2.05) is 0 Å². The molecule has 0 aliphatic carbocycles. The first-order valence-corrected chi connectivity index (χ1v) is 11.0. The molecular weight excluding hydrogens is 547 g/mol. The molecule has 0 aliphatic rings. The van der Waals surface area contributed by atoms with Crippen molar-refractivity contribution in [3.63, 3.8) is 0 Å². The van der Waals surface area contributed by atoms with Gasteiger partial charge in [0.1, 0.15) is 0 Å². The molecule has 4 rings (SSSR count). The molecule has 0 bridgehead atoms. The molecule has 0 fully saturated rings. The molecule has 140 valence electrons. The molecule has 0 radical (unpaired) electrons. The van der Waals surface area contributed by atoms with Crippen LogP contribution in [0.15, 0.2) is 45.6 Å². The fourth-order valence-corrected chi connectivity index (χ4v) is 4.32. The van der Waals surface area contributed by atoms with Crippen LogP contribution in [-0.2, 0) is 10.4 Å². The molecule has 2 aromatic heterocycles. The summed E-state index contributed by atoms with van der Waals surface area (Å²) in [5.74, 6) is 0.179. The van der Waals surface area contributed by atoms with Crippen LogP contribution in [0.2, 0.25) is 10.0 Å². The lowest BCUT2D eigenvalue weighted by Crippen LogP contribution is -2.16. The number of benzene rings is 2. The van der Waals surface area contributed by atoms with Crippen LogP contribution in [0.4, 0.5) is 0 Å². The number of rotatable bonds is 4. The van der Waals surface area contributed by atoms with E-state index in [-0.39, 0.29) is 11.5 Å². The fourth-order valence-electron chi connectivity index (χ4n) is 2.56. The van der Waals surface area contributed by atoms with E-state index in [0.29, 0.717) is 40.8 Å². The van der Waals surface area contributed by atoms with Gasteiger partial charge in [0.15, 0.2) is 11.5 Å². The summed E-state index contributed by atoms with van der Waals surface area (Å²) in [7, 11) is -4.39. The van der Waals surface area contributed by atoms with E-state index < -0.39 is 10.4 Å². The van der Waals surface area contributed by atoms with Gasteiger partial charge in [0.2, 0.25) is 0 Å². The van der Waals surface area contributed by atoms with E-state index in [2.05, 4.69) is 41.8 Å². The first-order valence-electron chi connectivity index (χ1n) is 7.29. The van der Waals surface area contributed by atoms with Gasteiger partial charge in [-0.2, -0.15) is 0 Å². The van der Waals surface area contributed by atoms with Gasteiger partial charge in [-0.15, -0.1) is 8.42 Å². The largest absolute Gasteiger partial charge is 0.501 e. The number of H-pyrrole nitrogens is 2. The highest BCUT2D eigenvalue weighted by molar-refractivity contribution is 9.10. The first-order chi connectivity index (χ1) is 12.7. The Labute approximate surface area is 180 Å². The van der Waals surface area contributed by atoms with Gasteiger partial charge in [0, 0.05) is 32.1 Å². The minimum Gasteiger partial charge on any atom is -0.358 e. The van der Waals surface area contributed by atoms with Crippen molar-refractivity contribution in [2.45, 2.75) is 0 Å². The average Bonchev–Trinajstić information content (AvgIpc) is 3.13. The zero-order chi connectivity index (χ0) is 19.3. The van der Waals surface area contributed by atoms with Crippen LogP contribution in [0.25, 0.3) is 21.8 Å². The van der Waals surface area contributed by atoms with Crippen LogP contribution in [0.1, 0.15) is 0 Å². The number of aromatic amines is 2. The molecule has 0 unspecified atom stereocenters. The molecule has 0 amide bonds. The zero-order valence-electron chi connectivity index (χ0n) is 13.0. The smallest absolute Gasteiger partial charge is 0.358 e. The minimum absolute atomic E-state index is 0.0893. The summed E-state index contributed by atoms with van der Waals surface area (Å²) in [6.07, 6.45) is 2.83. The summed E-state index contributed by atoms with van der Waals surface area (Å²) in [4.78, 5) is 5.81. The van der Waals surface area contributed by atoms with Crippen molar-refractivity contribution in [3.05, 3.63) is 55.6 Å². The SMILES string of the molecule is O=S(=O)(Oc1c[nH]c2cc(Cl)c(Br)cc12)Oc1c[nH]c2cc(Cl)c(Br)cc12. The van der Waals surface area contributed by atoms with Crippen molar-refractivity contribution in [1.29, 1.82) is 0 Å². The Morgan fingerprint density at radius 2 is 1.19 bits per heavy atom.